The Morgan fingerprint density at radius 2 is 1.90 bits per heavy atom. The van der Waals surface area contributed by atoms with E-state index in [4.69, 9.17) is 19.2 Å². The lowest BCUT2D eigenvalue weighted by atomic mass is 9.58. The van der Waals surface area contributed by atoms with Crippen molar-refractivity contribution in [1.82, 2.24) is 0 Å². The van der Waals surface area contributed by atoms with Crippen LogP contribution in [0.2, 0.25) is 0 Å². The molecule has 4 heterocycles. The third kappa shape index (κ3) is 1.46. The van der Waals surface area contributed by atoms with E-state index in [1.807, 2.05) is 13.8 Å². The topological polar surface area (TPSA) is 54.0 Å². The standard InChI is InChI=1S/C15H22O5/c1-8-4-5-11-9(2)12(16)17-13-15(11)10(8)6-7-14(3,18-13)19-20-15/h8-11,13H,4-7H2,1-3H3/t8-,9-,10+,11+,13+,14+,15-/m1/s1. The Bertz CT molecular complexity index is 452. The summed E-state index contributed by atoms with van der Waals surface area (Å²) in [5.41, 5.74) is -0.610. The van der Waals surface area contributed by atoms with Crippen LogP contribution < -0.4 is 0 Å². The number of carbonyl (C=O) groups is 1. The zero-order valence-corrected chi connectivity index (χ0v) is 12.3. The first-order valence-electron chi connectivity index (χ1n) is 7.71. The van der Waals surface area contributed by atoms with E-state index in [0.717, 1.165) is 25.7 Å². The highest BCUT2D eigenvalue weighted by atomic mass is 17.3. The molecule has 0 radical (unpaired) electrons. The first kappa shape index (κ1) is 13.0. The van der Waals surface area contributed by atoms with Crippen LogP contribution in [0.25, 0.3) is 0 Å². The van der Waals surface area contributed by atoms with Crippen LogP contribution in [0.5, 0.6) is 0 Å². The molecule has 2 bridgehead atoms. The molecule has 7 atom stereocenters. The van der Waals surface area contributed by atoms with E-state index in [1.165, 1.54) is 0 Å². The Balaban J connectivity index is 1.84. The van der Waals surface area contributed by atoms with Crippen LogP contribution >= 0.6 is 0 Å². The Morgan fingerprint density at radius 1 is 1.10 bits per heavy atom. The van der Waals surface area contributed by atoms with E-state index >= 15 is 0 Å². The van der Waals surface area contributed by atoms with Crippen molar-refractivity contribution in [1.29, 1.82) is 0 Å². The Morgan fingerprint density at radius 3 is 2.70 bits per heavy atom. The van der Waals surface area contributed by atoms with Gasteiger partial charge in [0.05, 0.1) is 5.92 Å². The normalized spacial score (nSPS) is 57.8. The number of carbonyl (C=O) groups excluding carboxylic acids is 1. The summed E-state index contributed by atoms with van der Waals surface area (Å²) in [5, 5.41) is 0. The van der Waals surface area contributed by atoms with Crippen molar-refractivity contribution in [2.24, 2.45) is 23.7 Å². The zero-order chi connectivity index (χ0) is 14.1. The largest absolute Gasteiger partial charge is 0.432 e. The Hall–Kier alpha value is -0.650. The molecule has 1 aliphatic carbocycles. The molecule has 1 saturated carbocycles. The molecule has 4 aliphatic heterocycles. The summed E-state index contributed by atoms with van der Waals surface area (Å²) in [4.78, 5) is 23.7. The molecule has 0 N–H and O–H groups in total. The lowest BCUT2D eigenvalue weighted by molar-refractivity contribution is -0.559. The summed E-state index contributed by atoms with van der Waals surface area (Å²) in [6.45, 7) is 6.06. The fraction of sp³-hybridized carbons (Fsp3) is 0.933. The first-order valence-corrected chi connectivity index (χ1v) is 7.71. The summed E-state index contributed by atoms with van der Waals surface area (Å²) in [5.74, 6) is -0.137. The molecular weight excluding hydrogens is 260 g/mol. The molecule has 4 saturated heterocycles. The molecule has 20 heavy (non-hydrogen) atoms. The Labute approximate surface area is 118 Å². The van der Waals surface area contributed by atoms with Crippen LogP contribution in [-0.4, -0.2) is 23.6 Å². The molecule has 0 aromatic rings. The highest BCUT2D eigenvalue weighted by Crippen LogP contribution is 2.59. The maximum Gasteiger partial charge on any atom is 0.311 e. The van der Waals surface area contributed by atoms with E-state index in [2.05, 4.69) is 6.92 Å². The van der Waals surface area contributed by atoms with Gasteiger partial charge in [-0.3, -0.25) is 4.79 Å². The van der Waals surface area contributed by atoms with Crippen molar-refractivity contribution in [3.63, 3.8) is 0 Å². The lowest BCUT2D eigenvalue weighted by Gasteiger charge is -2.57. The van der Waals surface area contributed by atoms with Gasteiger partial charge in [0.25, 0.3) is 0 Å². The maximum atomic E-state index is 12.1. The second kappa shape index (κ2) is 3.96. The molecule has 0 aromatic heterocycles. The molecule has 0 amide bonds. The number of fused-ring (bicyclic) bond motifs is 2. The molecule has 1 spiro atoms. The average Bonchev–Trinajstić information content (AvgIpc) is 2.63. The molecule has 5 heteroatoms. The van der Waals surface area contributed by atoms with Gasteiger partial charge in [0.15, 0.2) is 5.60 Å². The van der Waals surface area contributed by atoms with Crippen LogP contribution in [0.15, 0.2) is 0 Å². The number of esters is 1. The highest BCUT2D eigenvalue weighted by molar-refractivity contribution is 5.74. The van der Waals surface area contributed by atoms with Gasteiger partial charge >= 0.3 is 5.97 Å². The van der Waals surface area contributed by atoms with Gasteiger partial charge in [0.2, 0.25) is 12.1 Å². The third-order valence-electron chi connectivity index (χ3n) is 5.97. The van der Waals surface area contributed by atoms with Crippen molar-refractivity contribution in [3.05, 3.63) is 0 Å². The summed E-state index contributed by atoms with van der Waals surface area (Å²) in [7, 11) is 0. The maximum absolute atomic E-state index is 12.1. The predicted octanol–water partition coefficient (Wildman–Crippen LogP) is 2.39. The molecule has 5 nitrogen and oxygen atoms in total. The quantitative estimate of drug-likeness (QED) is 0.504. The fourth-order valence-electron chi connectivity index (χ4n) is 4.76. The number of ether oxygens (including phenoxy) is 2. The van der Waals surface area contributed by atoms with E-state index in [1.54, 1.807) is 0 Å². The SMILES string of the molecule is C[C@@H]1CC[C@H]2[C@@H](C)C(=O)O[C@H]3O[C@]4(C)CC[C@@H]1[C@]32OO4. The van der Waals surface area contributed by atoms with Gasteiger partial charge in [-0.2, -0.15) is 0 Å². The van der Waals surface area contributed by atoms with Gasteiger partial charge in [-0.25, -0.2) is 9.78 Å². The molecule has 112 valence electrons. The summed E-state index contributed by atoms with van der Waals surface area (Å²) < 4.78 is 11.6. The molecular formula is C15H22O5. The minimum absolute atomic E-state index is 0.123. The van der Waals surface area contributed by atoms with Gasteiger partial charge in [-0.05, 0) is 32.1 Å². The minimum atomic E-state index is -0.793. The molecule has 5 aliphatic rings. The number of hydrogen-bond donors (Lipinski definition) is 0. The first-order chi connectivity index (χ1) is 9.46. The fourth-order valence-corrected chi connectivity index (χ4v) is 4.76. The van der Waals surface area contributed by atoms with E-state index in [-0.39, 0.29) is 17.8 Å². The number of rotatable bonds is 0. The highest BCUT2D eigenvalue weighted by Gasteiger charge is 2.69. The Kier molecular flexibility index (Phi) is 2.58. The van der Waals surface area contributed by atoms with Crippen LogP contribution in [0, 0.1) is 23.7 Å². The average molecular weight is 282 g/mol. The second-order valence-electron chi connectivity index (χ2n) is 7.14. The van der Waals surface area contributed by atoms with E-state index in [9.17, 15) is 4.79 Å². The molecule has 0 unspecified atom stereocenters. The van der Waals surface area contributed by atoms with Crippen molar-refractivity contribution >= 4 is 5.97 Å². The number of hydrogen-bond acceptors (Lipinski definition) is 5. The molecule has 5 fully saturated rings. The van der Waals surface area contributed by atoms with E-state index < -0.39 is 17.7 Å². The molecule has 5 rings (SSSR count). The monoisotopic (exact) mass is 282 g/mol. The summed E-state index contributed by atoms with van der Waals surface area (Å²) in [6.07, 6.45) is 3.24. The second-order valence-corrected chi connectivity index (χ2v) is 7.14. The van der Waals surface area contributed by atoms with Crippen LogP contribution in [0.3, 0.4) is 0 Å². The van der Waals surface area contributed by atoms with E-state index in [0.29, 0.717) is 11.8 Å². The van der Waals surface area contributed by atoms with Crippen molar-refractivity contribution in [2.45, 2.75) is 64.1 Å². The van der Waals surface area contributed by atoms with Crippen LogP contribution in [-0.2, 0) is 24.0 Å². The smallest absolute Gasteiger partial charge is 0.311 e. The van der Waals surface area contributed by atoms with Gasteiger partial charge in [0.1, 0.15) is 0 Å². The van der Waals surface area contributed by atoms with Crippen molar-refractivity contribution < 1.29 is 24.0 Å². The van der Waals surface area contributed by atoms with Crippen molar-refractivity contribution in [2.75, 3.05) is 0 Å². The lowest BCUT2D eigenvalue weighted by Crippen LogP contribution is -2.69. The van der Waals surface area contributed by atoms with Crippen LogP contribution in [0.4, 0.5) is 0 Å². The van der Waals surface area contributed by atoms with Crippen LogP contribution in [0.1, 0.15) is 46.5 Å². The van der Waals surface area contributed by atoms with Gasteiger partial charge < -0.3 is 9.47 Å². The van der Waals surface area contributed by atoms with Gasteiger partial charge in [-0.15, -0.1) is 0 Å². The predicted molar refractivity (Wildman–Crippen MR) is 68.0 cm³/mol. The third-order valence-corrected chi connectivity index (χ3v) is 5.97. The summed E-state index contributed by atoms with van der Waals surface area (Å²) in [6, 6.07) is 0. The van der Waals surface area contributed by atoms with Gasteiger partial charge in [-0.1, -0.05) is 13.8 Å². The minimum Gasteiger partial charge on any atom is -0.432 e. The van der Waals surface area contributed by atoms with Crippen molar-refractivity contribution in [3.8, 4) is 0 Å². The summed E-state index contributed by atoms with van der Waals surface area (Å²) >= 11 is 0. The zero-order valence-electron chi connectivity index (χ0n) is 12.3. The molecule has 0 aromatic carbocycles. The van der Waals surface area contributed by atoms with Gasteiger partial charge in [0, 0.05) is 18.3 Å².